The summed E-state index contributed by atoms with van der Waals surface area (Å²) in [7, 11) is -3.73. The molecule has 3 N–H and O–H groups in total. The summed E-state index contributed by atoms with van der Waals surface area (Å²) < 4.78 is 26.8. The van der Waals surface area contributed by atoms with E-state index in [2.05, 4.69) is 16.6 Å². The van der Waals surface area contributed by atoms with Gasteiger partial charge < -0.3 is 10.4 Å². The van der Waals surface area contributed by atoms with Gasteiger partial charge in [0.1, 0.15) is 0 Å². The van der Waals surface area contributed by atoms with E-state index in [1.807, 2.05) is 6.92 Å². The van der Waals surface area contributed by atoms with Crippen LogP contribution >= 0.6 is 0 Å². The molecule has 0 amide bonds. The average molecular weight is 312 g/mol. The Hall–Kier alpha value is -1.86. The minimum atomic E-state index is -3.73. The molecular formula is C14H20N2O4S. The van der Waals surface area contributed by atoms with E-state index in [1.165, 1.54) is 12.1 Å². The van der Waals surface area contributed by atoms with Gasteiger partial charge in [-0.15, -0.1) is 6.58 Å². The molecule has 6 nitrogen and oxygen atoms in total. The first-order chi connectivity index (χ1) is 9.81. The van der Waals surface area contributed by atoms with Gasteiger partial charge in [0.25, 0.3) is 0 Å². The summed E-state index contributed by atoms with van der Waals surface area (Å²) in [6, 6.07) is 3.75. The van der Waals surface area contributed by atoms with Gasteiger partial charge >= 0.3 is 5.97 Å². The molecule has 0 radical (unpaired) electrons. The number of carboxylic acid groups (broad SMARTS) is 1. The van der Waals surface area contributed by atoms with E-state index in [4.69, 9.17) is 0 Å². The molecule has 0 aliphatic heterocycles. The zero-order valence-electron chi connectivity index (χ0n) is 12.1. The maximum atomic E-state index is 12.2. The molecule has 1 aromatic carbocycles. The second kappa shape index (κ2) is 7.24. The number of carbonyl (C=O) groups is 1. The Kier molecular flexibility index (Phi) is 5.92. The average Bonchev–Trinajstić information content (AvgIpc) is 2.44. The molecule has 0 unspecified atom stereocenters. The summed E-state index contributed by atoms with van der Waals surface area (Å²) >= 11 is 0. The minimum Gasteiger partial charge on any atom is -0.478 e. The Morgan fingerprint density at radius 2 is 2.14 bits per heavy atom. The lowest BCUT2D eigenvalue weighted by Gasteiger charge is -2.14. The van der Waals surface area contributed by atoms with Crippen LogP contribution in [0.1, 0.15) is 30.6 Å². The van der Waals surface area contributed by atoms with Crippen molar-refractivity contribution in [2.45, 2.75) is 31.2 Å². The third kappa shape index (κ3) is 4.57. The Balaban J connectivity index is 3.19. The molecule has 7 heteroatoms. The number of nitrogens with one attached hydrogen (secondary N) is 2. The molecule has 116 valence electrons. The van der Waals surface area contributed by atoms with E-state index in [-0.39, 0.29) is 16.5 Å². The summed E-state index contributed by atoms with van der Waals surface area (Å²) in [6.45, 7) is 7.52. The maximum absolute atomic E-state index is 12.2. The van der Waals surface area contributed by atoms with Gasteiger partial charge in [-0.05, 0) is 31.5 Å². The number of hydrogen-bond acceptors (Lipinski definition) is 4. The molecule has 0 spiro atoms. The van der Waals surface area contributed by atoms with Gasteiger partial charge in [-0.2, -0.15) is 0 Å². The highest BCUT2D eigenvalue weighted by atomic mass is 32.2. The molecule has 0 aliphatic carbocycles. The first-order valence-corrected chi connectivity index (χ1v) is 8.04. The molecule has 1 aromatic rings. The predicted octanol–water partition coefficient (Wildman–Crippen LogP) is 2.06. The molecule has 1 atom stereocenters. The normalized spacial score (nSPS) is 12.7. The van der Waals surface area contributed by atoms with Crippen LogP contribution in [0, 0.1) is 0 Å². The smallest absolute Gasteiger partial charge is 0.337 e. The topological polar surface area (TPSA) is 95.5 Å². The Bertz CT molecular complexity index is 626. The van der Waals surface area contributed by atoms with Crippen LogP contribution in [0.4, 0.5) is 5.69 Å². The van der Waals surface area contributed by atoms with Crippen molar-refractivity contribution in [2.75, 3.05) is 11.9 Å². The molecule has 0 aromatic heterocycles. The molecule has 0 fully saturated rings. The standard InChI is InChI=1S/C14H20N2O4S/c1-4-8-15-13-7-6-11(9-12(13)14(17)18)21(19,20)16-10(3)5-2/h4,6-7,9-10,15-16H,1,5,8H2,2-3H3,(H,17,18)/t10-/m0/s1. The van der Waals surface area contributed by atoms with Crippen molar-refractivity contribution in [2.24, 2.45) is 0 Å². The van der Waals surface area contributed by atoms with Crippen molar-refractivity contribution < 1.29 is 18.3 Å². The quantitative estimate of drug-likeness (QED) is 0.639. The van der Waals surface area contributed by atoms with Gasteiger partial charge in [-0.3, -0.25) is 0 Å². The number of anilines is 1. The van der Waals surface area contributed by atoms with Gasteiger partial charge in [0.2, 0.25) is 10.0 Å². The Morgan fingerprint density at radius 1 is 1.48 bits per heavy atom. The highest BCUT2D eigenvalue weighted by Gasteiger charge is 2.20. The monoisotopic (exact) mass is 312 g/mol. The third-order valence-electron chi connectivity index (χ3n) is 2.94. The van der Waals surface area contributed by atoms with Crippen LogP contribution < -0.4 is 10.0 Å². The summed E-state index contributed by atoms with van der Waals surface area (Å²) in [5.41, 5.74) is 0.258. The van der Waals surface area contributed by atoms with Crippen LogP contribution in [0.5, 0.6) is 0 Å². The second-order valence-corrected chi connectivity index (χ2v) is 6.33. The number of benzene rings is 1. The van der Waals surface area contributed by atoms with Crippen LogP contribution in [0.25, 0.3) is 0 Å². The molecular weight excluding hydrogens is 292 g/mol. The molecule has 0 saturated carbocycles. The molecule has 1 rings (SSSR count). The number of sulfonamides is 1. The van der Waals surface area contributed by atoms with E-state index >= 15 is 0 Å². The molecule has 0 bridgehead atoms. The molecule has 0 saturated heterocycles. The first kappa shape index (κ1) is 17.2. The first-order valence-electron chi connectivity index (χ1n) is 6.56. The van der Waals surface area contributed by atoms with Crippen LogP contribution in [0.3, 0.4) is 0 Å². The second-order valence-electron chi connectivity index (χ2n) is 4.61. The largest absolute Gasteiger partial charge is 0.478 e. The number of carboxylic acids is 1. The SMILES string of the molecule is C=CCNc1ccc(S(=O)(=O)N[C@@H](C)CC)cc1C(=O)O. The number of rotatable bonds is 8. The van der Waals surface area contributed by atoms with Gasteiger partial charge in [-0.1, -0.05) is 13.0 Å². The van der Waals surface area contributed by atoms with Crippen LogP contribution in [-0.2, 0) is 10.0 Å². The predicted molar refractivity (Wildman–Crippen MR) is 82.2 cm³/mol. The molecule has 0 heterocycles. The van der Waals surface area contributed by atoms with Gasteiger partial charge in [-0.25, -0.2) is 17.9 Å². The Morgan fingerprint density at radius 3 is 2.67 bits per heavy atom. The zero-order valence-corrected chi connectivity index (χ0v) is 12.9. The van der Waals surface area contributed by atoms with Crippen molar-refractivity contribution >= 4 is 21.7 Å². The van der Waals surface area contributed by atoms with Gasteiger partial charge in [0.05, 0.1) is 10.5 Å². The van der Waals surface area contributed by atoms with Crippen molar-refractivity contribution in [1.29, 1.82) is 0 Å². The fourth-order valence-electron chi connectivity index (χ4n) is 1.62. The highest BCUT2D eigenvalue weighted by Crippen LogP contribution is 2.21. The van der Waals surface area contributed by atoms with E-state index in [0.717, 1.165) is 6.07 Å². The molecule has 21 heavy (non-hydrogen) atoms. The Labute approximate surface area is 124 Å². The van der Waals surface area contributed by atoms with E-state index in [0.29, 0.717) is 18.7 Å². The lowest BCUT2D eigenvalue weighted by Crippen LogP contribution is -2.32. The van der Waals surface area contributed by atoms with Crippen molar-refractivity contribution in [3.63, 3.8) is 0 Å². The number of aromatic carboxylic acids is 1. The van der Waals surface area contributed by atoms with E-state index in [1.54, 1.807) is 13.0 Å². The van der Waals surface area contributed by atoms with Crippen molar-refractivity contribution in [1.82, 2.24) is 4.72 Å². The van der Waals surface area contributed by atoms with Gasteiger partial charge in [0, 0.05) is 18.3 Å². The zero-order chi connectivity index (χ0) is 16.0. The summed E-state index contributed by atoms with van der Waals surface area (Å²) in [5, 5.41) is 12.1. The summed E-state index contributed by atoms with van der Waals surface area (Å²) in [6.07, 6.45) is 2.23. The third-order valence-corrected chi connectivity index (χ3v) is 4.52. The fraction of sp³-hybridized carbons (Fsp3) is 0.357. The van der Waals surface area contributed by atoms with Crippen molar-refractivity contribution in [3.05, 3.63) is 36.4 Å². The lowest BCUT2D eigenvalue weighted by atomic mass is 10.2. The van der Waals surface area contributed by atoms with Gasteiger partial charge in [0.15, 0.2) is 0 Å². The fourth-order valence-corrected chi connectivity index (χ4v) is 2.97. The molecule has 0 aliphatic rings. The van der Waals surface area contributed by atoms with Crippen LogP contribution in [0.2, 0.25) is 0 Å². The lowest BCUT2D eigenvalue weighted by molar-refractivity contribution is 0.0697. The van der Waals surface area contributed by atoms with Crippen molar-refractivity contribution in [3.8, 4) is 0 Å². The van der Waals surface area contributed by atoms with E-state index < -0.39 is 16.0 Å². The highest BCUT2D eigenvalue weighted by molar-refractivity contribution is 7.89. The maximum Gasteiger partial charge on any atom is 0.337 e. The van der Waals surface area contributed by atoms with E-state index in [9.17, 15) is 18.3 Å². The summed E-state index contributed by atoms with van der Waals surface area (Å²) in [4.78, 5) is 11.2. The minimum absolute atomic E-state index is 0.0654. The van der Waals surface area contributed by atoms with Crippen LogP contribution in [-0.4, -0.2) is 32.1 Å². The number of hydrogen-bond donors (Lipinski definition) is 3. The van der Waals surface area contributed by atoms with Crippen LogP contribution in [0.15, 0.2) is 35.7 Å². The summed E-state index contributed by atoms with van der Waals surface area (Å²) in [5.74, 6) is -1.19.